The van der Waals surface area contributed by atoms with Crippen molar-refractivity contribution in [2.75, 3.05) is 10.6 Å². The minimum Gasteiger partial charge on any atom is -0.352 e. The molecule has 0 saturated heterocycles. The first-order chi connectivity index (χ1) is 11.5. The van der Waals surface area contributed by atoms with Crippen molar-refractivity contribution in [2.45, 2.75) is 13.8 Å². The van der Waals surface area contributed by atoms with Gasteiger partial charge in [0.05, 0.1) is 5.70 Å². The number of hydrogen-bond donors (Lipinski definition) is 2. The summed E-state index contributed by atoms with van der Waals surface area (Å²) < 4.78 is 0. The molecule has 0 bridgehead atoms. The van der Waals surface area contributed by atoms with Crippen LogP contribution in [0.25, 0.3) is 0 Å². The second kappa shape index (κ2) is 6.50. The lowest BCUT2D eigenvalue weighted by molar-refractivity contribution is -0.133. The van der Waals surface area contributed by atoms with Crippen molar-refractivity contribution in [1.29, 1.82) is 0 Å². The number of anilines is 2. The van der Waals surface area contributed by atoms with Crippen molar-refractivity contribution in [2.24, 2.45) is 4.99 Å². The molecule has 0 saturated carbocycles. The molecule has 2 N–H and O–H groups in total. The van der Waals surface area contributed by atoms with E-state index >= 15 is 0 Å². The van der Waals surface area contributed by atoms with Crippen LogP contribution < -0.4 is 10.6 Å². The molecule has 2 aromatic rings. The number of amides is 1. The Morgan fingerprint density at radius 3 is 1.92 bits per heavy atom. The zero-order valence-electron chi connectivity index (χ0n) is 13.5. The minimum absolute atomic E-state index is 0.331. The maximum Gasteiger partial charge on any atom is 0.319 e. The van der Waals surface area contributed by atoms with Crippen LogP contribution >= 0.6 is 0 Å². The number of ketones is 1. The Morgan fingerprint density at radius 1 is 0.792 bits per heavy atom. The van der Waals surface area contributed by atoms with E-state index in [0.29, 0.717) is 11.5 Å². The topological polar surface area (TPSA) is 70.6 Å². The highest BCUT2D eigenvalue weighted by molar-refractivity contribution is 6.46. The zero-order chi connectivity index (χ0) is 17.1. The molecule has 0 aromatic heterocycles. The standard InChI is InChI=1S/C19H17N3O2/c1-12-7-3-5-9-14(12)20-16-11-17(23)19(24)22-18(16)21-15-10-6-4-8-13(15)2/h3-11,20H,1-2H3,(H,21,22,24). The van der Waals surface area contributed by atoms with Crippen LogP contribution in [0.2, 0.25) is 0 Å². The summed E-state index contributed by atoms with van der Waals surface area (Å²) in [6.45, 7) is 3.92. The molecule has 0 atom stereocenters. The van der Waals surface area contributed by atoms with Gasteiger partial charge in [-0.2, -0.15) is 4.99 Å². The van der Waals surface area contributed by atoms with Crippen molar-refractivity contribution < 1.29 is 9.59 Å². The molecule has 5 heteroatoms. The summed E-state index contributed by atoms with van der Waals surface area (Å²) in [6.07, 6.45) is 1.28. The second-order valence-electron chi connectivity index (χ2n) is 5.57. The fourth-order valence-corrected chi connectivity index (χ4v) is 2.37. The third kappa shape index (κ3) is 3.25. The Labute approximate surface area is 140 Å². The van der Waals surface area contributed by atoms with Gasteiger partial charge in [0.1, 0.15) is 0 Å². The third-order valence-corrected chi connectivity index (χ3v) is 3.77. The molecular weight excluding hydrogens is 302 g/mol. The highest BCUT2D eigenvalue weighted by Crippen LogP contribution is 2.20. The number of aryl methyl sites for hydroxylation is 2. The SMILES string of the molecule is Cc1ccccc1NC1=CC(=O)C(=O)N=C1Nc1ccccc1C. The zero-order valence-corrected chi connectivity index (χ0v) is 13.5. The smallest absolute Gasteiger partial charge is 0.319 e. The lowest BCUT2D eigenvalue weighted by atomic mass is 10.1. The summed E-state index contributed by atoms with van der Waals surface area (Å²) in [6, 6.07) is 15.4. The van der Waals surface area contributed by atoms with Gasteiger partial charge in [-0.05, 0) is 37.1 Å². The number of carbonyl (C=O) groups is 2. The number of carbonyl (C=O) groups excluding carboxylic acids is 2. The van der Waals surface area contributed by atoms with Crippen molar-refractivity contribution in [1.82, 2.24) is 0 Å². The van der Waals surface area contributed by atoms with Gasteiger partial charge in [-0.25, -0.2) is 0 Å². The maximum absolute atomic E-state index is 11.7. The average molecular weight is 319 g/mol. The Morgan fingerprint density at radius 2 is 1.33 bits per heavy atom. The fourth-order valence-electron chi connectivity index (χ4n) is 2.37. The number of nitrogens with zero attached hydrogens (tertiary/aromatic N) is 1. The number of nitrogens with one attached hydrogen (secondary N) is 2. The van der Waals surface area contributed by atoms with Gasteiger partial charge in [0.2, 0.25) is 5.78 Å². The average Bonchev–Trinajstić information content (AvgIpc) is 2.56. The fraction of sp³-hybridized carbons (Fsp3) is 0.105. The number of rotatable bonds is 3. The molecular formula is C19H17N3O2. The number of aliphatic imine (C=N–C) groups is 1. The van der Waals surface area contributed by atoms with Crippen LogP contribution in [0.4, 0.5) is 11.4 Å². The number of amidine groups is 1. The van der Waals surface area contributed by atoms with Crippen LogP contribution in [0.1, 0.15) is 11.1 Å². The number of dihydropyridines is 1. The van der Waals surface area contributed by atoms with Crippen molar-refractivity contribution in [3.8, 4) is 0 Å². The predicted octanol–water partition coefficient (Wildman–Crippen LogP) is 3.22. The first kappa shape index (κ1) is 15.7. The predicted molar refractivity (Wildman–Crippen MR) is 95.1 cm³/mol. The van der Waals surface area contributed by atoms with Crippen molar-refractivity contribution in [3.63, 3.8) is 0 Å². The van der Waals surface area contributed by atoms with Crippen LogP contribution in [-0.2, 0) is 9.59 Å². The Balaban J connectivity index is 1.93. The summed E-state index contributed by atoms with van der Waals surface area (Å²) in [4.78, 5) is 27.3. The molecule has 1 aliphatic heterocycles. The van der Waals surface area contributed by atoms with Crippen LogP contribution in [0.3, 0.4) is 0 Å². The van der Waals surface area contributed by atoms with Gasteiger partial charge in [-0.15, -0.1) is 0 Å². The molecule has 1 amide bonds. The first-order valence-corrected chi connectivity index (χ1v) is 7.59. The summed E-state index contributed by atoms with van der Waals surface area (Å²) in [5.74, 6) is -1.08. The summed E-state index contributed by atoms with van der Waals surface area (Å²) in [5, 5.41) is 6.32. The van der Waals surface area contributed by atoms with E-state index in [1.165, 1.54) is 6.08 Å². The third-order valence-electron chi connectivity index (χ3n) is 3.77. The van der Waals surface area contributed by atoms with Crippen molar-refractivity contribution >= 4 is 28.9 Å². The monoisotopic (exact) mass is 319 g/mol. The summed E-state index contributed by atoms with van der Waals surface area (Å²) in [5.41, 5.74) is 4.19. The molecule has 1 heterocycles. The lowest BCUT2D eigenvalue weighted by Crippen LogP contribution is -2.29. The largest absolute Gasteiger partial charge is 0.352 e. The molecule has 0 aliphatic carbocycles. The molecule has 5 nitrogen and oxygen atoms in total. The Kier molecular flexibility index (Phi) is 4.24. The molecule has 0 radical (unpaired) electrons. The van der Waals surface area contributed by atoms with Gasteiger partial charge in [0.15, 0.2) is 5.84 Å². The lowest BCUT2D eigenvalue weighted by Gasteiger charge is -2.19. The molecule has 1 aliphatic rings. The number of hydrogen-bond acceptors (Lipinski definition) is 4. The summed E-state index contributed by atoms with van der Waals surface area (Å²) in [7, 11) is 0. The van der Waals surface area contributed by atoms with E-state index in [9.17, 15) is 9.59 Å². The van der Waals surface area contributed by atoms with Crippen molar-refractivity contribution in [3.05, 3.63) is 71.4 Å². The van der Waals surface area contributed by atoms with E-state index in [2.05, 4.69) is 15.6 Å². The van der Waals surface area contributed by atoms with E-state index in [-0.39, 0.29) is 0 Å². The van der Waals surface area contributed by atoms with Crippen LogP contribution in [0.5, 0.6) is 0 Å². The molecule has 120 valence electrons. The van der Waals surface area contributed by atoms with Crippen LogP contribution in [0, 0.1) is 13.8 Å². The second-order valence-corrected chi connectivity index (χ2v) is 5.57. The van der Waals surface area contributed by atoms with Crippen LogP contribution in [-0.4, -0.2) is 17.5 Å². The highest BCUT2D eigenvalue weighted by atomic mass is 16.2. The van der Waals surface area contributed by atoms with E-state index in [1.54, 1.807) is 0 Å². The van der Waals surface area contributed by atoms with Crippen LogP contribution in [0.15, 0.2) is 65.3 Å². The minimum atomic E-state index is -0.776. The number of benzene rings is 2. The summed E-state index contributed by atoms with van der Waals surface area (Å²) >= 11 is 0. The quantitative estimate of drug-likeness (QED) is 0.852. The van der Waals surface area contributed by atoms with Gasteiger partial charge >= 0.3 is 5.91 Å². The molecule has 24 heavy (non-hydrogen) atoms. The van der Waals surface area contributed by atoms with Gasteiger partial charge in [0.25, 0.3) is 0 Å². The number of para-hydroxylation sites is 2. The molecule has 0 fully saturated rings. The van der Waals surface area contributed by atoms with Gasteiger partial charge in [-0.1, -0.05) is 36.4 Å². The molecule has 0 spiro atoms. The maximum atomic E-state index is 11.7. The van der Waals surface area contributed by atoms with Gasteiger partial charge < -0.3 is 10.6 Å². The van der Waals surface area contributed by atoms with Gasteiger partial charge in [0, 0.05) is 17.5 Å². The van der Waals surface area contributed by atoms with E-state index in [0.717, 1.165) is 22.5 Å². The highest BCUT2D eigenvalue weighted by Gasteiger charge is 2.23. The van der Waals surface area contributed by atoms with E-state index < -0.39 is 11.7 Å². The molecule has 2 aromatic carbocycles. The Hall–Kier alpha value is -3.21. The van der Waals surface area contributed by atoms with E-state index in [1.807, 2.05) is 62.4 Å². The Bertz CT molecular complexity index is 808. The first-order valence-electron chi connectivity index (χ1n) is 7.59. The van der Waals surface area contributed by atoms with Gasteiger partial charge in [-0.3, -0.25) is 9.59 Å². The molecule has 0 unspecified atom stereocenters. The van der Waals surface area contributed by atoms with E-state index in [4.69, 9.17) is 0 Å². The molecule has 3 rings (SSSR count). The normalized spacial score (nSPS) is 14.1.